The van der Waals surface area contributed by atoms with Gasteiger partial charge >= 0.3 is 0 Å². The Balaban J connectivity index is 1.46. The fourth-order valence-electron chi connectivity index (χ4n) is 4.65. The Hall–Kier alpha value is -2.42. The first-order valence-corrected chi connectivity index (χ1v) is 13.2. The zero-order valence-corrected chi connectivity index (χ0v) is 20.2. The molecule has 4 rings (SSSR count). The van der Waals surface area contributed by atoms with Crippen molar-refractivity contribution in [1.29, 1.82) is 0 Å². The maximum Gasteiger partial charge on any atom is 0.251 e. The molecule has 0 aromatic heterocycles. The molecule has 7 nitrogen and oxygen atoms in total. The molecule has 1 N–H and O–H groups in total. The SMILES string of the molecule is CCc1ccc(C(=O)NCCN2c3ccccc3CCC2C)cc1S(=O)(=O)N1CCOCC1. The van der Waals surface area contributed by atoms with Crippen LogP contribution in [0.5, 0.6) is 0 Å². The highest BCUT2D eigenvalue weighted by Gasteiger charge is 2.29. The van der Waals surface area contributed by atoms with Crippen molar-refractivity contribution in [3.05, 3.63) is 59.2 Å². The lowest BCUT2D eigenvalue weighted by Gasteiger charge is -2.37. The Kier molecular flexibility index (Phi) is 7.36. The zero-order valence-electron chi connectivity index (χ0n) is 19.4. The normalized spacial score (nSPS) is 19.2. The molecule has 1 saturated heterocycles. The van der Waals surface area contributed by atoms with Crippen LogP contribution < -0.4 is 10.2 Å². The van der Waals surface area contributed by atoms with E-state index < -0.39 is 10.0 Å². The minimum absolute atomic E-state index is 0.220. The molecule has 0 radical (unpaired) electrons. The maximum absolute atomic E-state index is 13.2. The first-order chi connectivity index (χ1) is 15.9. The number of para-hydroxylation sites is 1. The predicted molar refractivity (Wildman–Crippen MR) is 129 cm³/mol. The monoisotopic (exact) mass is 471 g/mol. The number of hydrogen-bond donors (Lipinski definition) is 1. The second-order valence-corrected chi connectivity index (χ2v) is 10.6. The van der Waals surface area contributed by atoms with E-state index in [0.29, 0.717) is 57.4 Å². The quantitative estimate of drug-likeness (QED) is 0.672. The van der Waals surface area contributed by atoms with Gasteiger partial charge in [0.15, 0.2) is 0 Å². The van der Waals surface area contributed by atoms with Gasteiger partial charge in [-0.15, -0.1) is 0 Å². The van der Waals surface area contributed by atoms with Crippen LogP contribution in [0.25, 0.3) is 0 Å². The highest BCUT2D eigenvalue weighted by molar-refractivity contribution is 7.89. The van der Waals surface area contributed by atoms with Crippen molar-refractivity contribution in [2.45, 2.75) is 44.0 Å². The van der Waals surface area contributed by atoms with Crippen LogP contribution in [0.3, 0.4) is 0 Å². The van der Waals surface area contributed by atoms with Gasteiger partial charge in [0, 0.05) is 43.5 Å². The molecule has 2 aliphatic heterocycles. The molecule has 2 aliphatic rings. The molecule has 8 heteroatoms. The first-order valence-electron chi connectivity index (χ1n) is 11.8. The number of carbonyl (C=O) groups is 1. The summed E-state index contributed by atoms with van der Waals surface area (Å²) in [7, 11) is -3.67. The Morgan fingerprint density at radius 3 is 2.67 bits per heavy atom. The fraction of sp³-hybridized carbons (Fsp3) is 0.480. The third kappa shape index (κ3) is 5.08. The molecule has 1 unspecified atom stereocenters. The third-order valence-electron chi connectivity index (χ3n) is 6.60. The number of nitrogens with one attached hydrogen (secondary N) is 1. The Bertz CT molecular complexity index is 1100. The van der Waals surface area contributed by atoms with Gasteiger partial charge < -0.3 is 15.0 Å². The molecule has 1 atom stereocenters. The predicted octanol–water partition coefficient (Wildman–Crippen LogP) is 2.84. The van der Waals surface area contributed by atoms with Crippen molar-refractivity contribution in [2.75, 3.05) is 44.3 Å². The Morgan fingerprint density at radius 2 is 1.91 bits per heavy atom. The molecule has 2 aromatic carbocycles. The standard InChI is InChI=1S/C25H33N3O4S/c1-3-20-10-11-22(18-24(20)33(30,31)27-14-16-32-17-15-27)25(29)26-12-13-28-19(2)8-9-21-6-4-5-7-23(21)28/h4-7,10-11,18-19H,3,8-9,12-17H2,1-2H3,(H,26,29). The summed E-state index contributed by atoms with van der Waals surface area (Å²) in [6, 6.07) is 13.8. The molecular formula is C25H33N3O4S. The van der Waals surface area contributed by atoms with Gasteiger partial charge in [-0.2, -0.15) is 4.31 Å². The topological polar surface area (TPSA) is 79.0 Å². The van der Waals surface area contributed by atoms with Crippen LogP contribution in [-0.4, -0.2) is 64.1 Å². The van der Waals surface area contributed by atoms with Crippen LogP contribution in [0, 0.1) is 0 Å². The van der Waals surface area contributed by atoms with E-state index in [9.17, 15) is 13.2 Å². The van der Waals surface area contributed by atoms with E-state index in [1.54, 1.807) is 12.1 Å². The summed E-state index contributed by atoms with van der Waals surface area (Å²) in [6.45, 7) is 6.76. The van der Waals surface area contributed by atoms with Gasteiger partial charge in [-0.3, -0.25) is 4.79 Å². The summed E-state index contributed by atoms with van der Waals surface area (Å²) in [6.07, 6.45) is 2.74. The van der Waals surface area contributed by atoms with Crippen molar-refractivity contribution >= 4 is 21.6 Å². The average molecular weight is 472 g/mol. The number of anilines is 1. The van der Waals surface area contributed by atoms with E-state index in [1.165, 1.54) is 21.6 Å². The highest BCUT2D eigenvalue weighted by Crippen LogP contribution is 2.30. The number of amides is 1. The van der Waals surface area contributed by atoms with E-state index in [4.69, 9.17) is 4.74 Å². The second kappa shape index (κ2) is 10.2. The number of nitrogens with zero attached hydrogens (tertiary/aromatic N) is 2. The molecule has 1 amide bonds. The molecule has 33 heavy (non-hydrogen) atoms. The molecule has 1 fully saturated rings. The average Bonchev–Trinajstić information content (AvgIpc) is 2.85. The number of aryl methyl sites for hydroxylation is 2. The Labute approximate surface area is 196 Å². The first kappa shape index (κ1) is 23.7. The minimum Gasteiger partial charge on any atom is -0.379 e. The molecule has 0 spiro atoms. The second-order valence-electron chi connectivity index (χ2n) is 8.66. The highest BCUT2D eigenvalue weighted by atomic mass is 32.2. The summed E-state index contributed by atoms with van der Waals surface area (Å²) < 4.78 is 33.2. The summed E-state index contributed by atoms with van der Waals surface area (Å²) in [5.41, 5.74) is 3.66. The number of hydrogen-bond acceptors (Lipinski definition) is 5. The largest absolute Gasteiger partial charge is 0.379 e. The van der Waals surface area contributed by atoms with E-state index in [1.807, 2.05) is 13.0 Å². The lowest BCUT2D eigenvalue weighted by Crippen LogP contribution is -2.42. The van der Waals surface area contributed by atoms with Gasteiger partial charge in [0.2, 0.25) is 10.0 Å². The van der Waals surface area contributed by atoms with Crippen LogP contribution in [0.15, 0.2) is 47.4 Å². The van der Waals surface area contributed by atoms with E-state index in [-0.39, 0.29) is 10.8 Å². The molecule has 0 aliphatic carbocycles. The molecule has 2 aromatic rings. The van der Waals surface area contributed by atoms with Crippen LogP contribution >= 0.6 is 0 Å². The molecule has 178 valence electrons. The van der Waals surface area contributed by atoms with Crippen molar-refractivity contribution in [3.8, 4) is 0 Å². The van der Waals surface area contributed by atoms with Gasteiger partial charge in [-0.05, 0) is 55.5 Å². The third-order valence-corrected chi connectivity index (χ3v) is 8.58. The number of morpholine rings is 1. The molecular weight excluding hydrogens is 438 g/mol. The summed E-state index contributed by atoms with van der Waals surface area (Å²) in [5, 5.41) is 2.98. The van der Waals surface area contributed by atoms with Crippen LogP contribution in [0.2, 0.25) is 0 Å². The molecule has 2 heterocycles. The van der Waals surface area contributed by atoms with Crippen LogP contribution in [-0.2, 0) is 27.6 Å². The zero-order chi connectivity index (χ0) is 23.4. The van der Waals surface area contributed by atoms with Gasteiger partial charge in [0.25, 0.3) is 5.91 Å². The van der Waals surface area contributed by atoms with Gasteiger partial charge in [-0.25, -0.2) is 8.42 Å². The van der Waals surface area contributed by atoms with Crippen molar-refractivity contribution in [1.82, 2.24) is 9.62 Å². The van der Waals surface area contributed by atoms with Crippen LogP contribution in [0.1, 0.15) is 41.8 Å². The minimum atomic E-state index is -3.67. The number of sulfonamides is 1. The lowest BCUT2D eigenvalue weighted by atomic mass is 9.97. The van der Waals surface area contributed by atoms with Crippen molar-refractivity contribution in [3.63, 3.8) is 0 Å². The molecule has 0 saturated carbocycles. The van der Waals surface area contributed by atoms with Crippen molar-refractivity contribution in [2.24, 2.45) is 0 Å². The van der Waals surface area contributed by atoms with Gasteiger partial charge in [0.1, 0.15) is 0 Å². The summed E-state index contributed by atoms with van der Waals surface area (Å²) in [5.74, 6) is -0.256. The lowest BCUT2D eigenvalue weighted by molar-refractivity contribution is 0.0730. The fourth-order valence-corrected chi connectivity index (χ4v) is 6.37. The maximum atomic E-state index is 13.2. The summed E-state index contributed by atoms with van der Waals surface area (Å²) >= 11 is 0. The van der Waals surface area contributed by atoms with Crippen LogP contribution in [0.4, 0.5) is 5.69 Å². The number of rotatable bonds is 7. The molecule has 0 bridgehead atoms. The number of carbonyl (C=O) groups excluding carboxylic acids is 1. The van der Waals surface area contributed by atoms with Gasteiger partial charge in [-0.1, -0.05) is 31.2 Å². The smallest absolute Gasteiger partial charge is 0.251 e. The number of fused-ring (bicyclic) bond motifs is 1. The van der Waals surface area contributed by atoms with E-state index in [0.717, 1.165) is 18.4 Å². The number of ether oxygens (including phenoxy) is 1. The van der Waals surface area contributed by atoms with Gasteiger partial charge in [0.05, 0.1) is 18.1 Å². The number of benzene rings is 2. The Morgan fingerprint density at radius 1 is 1.15 bits per heavy atom. The van der Waals surface area contributed by atoms with E-state index in [2.05, 4.69) is 35.3 Å². The van der Waals surface area contributed by atoms with Crippen molar-refractivity contribution < 1.29 is 17.9 Å². The van der Waals surface area contributed by atoms with E-state index >= 15 is 0 Å². The summed E-state index contributed by atoms with van der Waals surface area (Å²) in [4.78, 5) is 15.5.